The average Bonchev–Trinajstić information content (AvgIpc) is 3.01. The standard InChI is InChI=1S/C17H23FN4O/c1-4-22-12-10-16(20-22)17(23)19-15(9-11-21(2)3)13-5-7-14(18)8-6-13/h5-8,10,12,15H,4,9,11H2,1-3H3,(H,19,23). The second-order valence-corrected chi connectivity index (χ2v) is 5.73. The summed E-state index contributed by atoms with van der Waals surface area (Å²) in [7, 11) is 3.96. The molecule has 1 aromatic heterocycles. The smallest absolute Gasteiger partial charge is 0.272 e. The monoisotopic (exact) mass is 318 g/mol. The van der Waals surface area contributed by atoms with Crippen LogP contribution in [-0.2, 0) is 6.54 Å². The lowest BCUT2D eigenvalue weighted by Crippen LogP contribution is -2.31. The normalized spacial score (nSPS) is 12.4. The van der Waals surface area contributed by atoms with E-state index >= 15 is 0 Å². The van der Waals surface area contributed by atoms with E-state index in [9.17, 15) is 9.18 Å². The number of aromatic nitrogens is 2. The first-order chi connectivity index (χ1) is 11.0. The fourth-order valence-corrected chi connectivity index (χ4v) is 2.30. The van der Waals surface area contributed by atoms with Crippen molar-refractivity contribution in [3.05, 3.63) is 53.6 Å². The zero-order chi connectivity index (χ0) is 16.8. The minimum atomic E-state index is -0.284. The predicted octanol–water partition coefficient (Wildman–Crippen LogP) is 2.46. The Labute approximate surface area is 136 Å². The first kappa shape index (κ1) is 17.1. The van der Waals surface area contributed by atoms with Crippen molar-refractivity contribution < 1.29 is 9.18 Å². The van der Waals surface area contributed by atoms with Gasteiger partial charge in [0.15, 0.2) is 0 Å². The van der Waals surface area contributed by atoms with Crippen LogP contribution in [0, 0.1) is 5.82 Å². The van der Waals surface area contributed by atoms with Crippen LogP contribution in [0.15, 0.2) is 36.5 Å². The van der Waals surface area contributed by atoms with E-state index in [1.165, 1.54) is 12.1 Å². The van der Waals surface area contributed by atoms with Gasteiger partial charge in [-0.25, -0.2) is 4.39 Å². The number of rotatable bonds is 7. The summed E-state index contributed by atoms with van der Waals surface area (Å²) < 4.78 is 14.8. The maximum atomic E-state index is 13.1. The fourth-order valence-electron chi connectivity index (χ4n) is 2.30. The largest absolute Gasteiger partial charge is 0.344 e. The molecule has 124 valence electrons. The molecule has 1 N–H and O–H groups in total. The molecule has 0 aliphatic heterocycles. The number of nitrogens with zero attached hydrogens (tertiary/aromatic N) is 3. The van der Waals surface area contributed by atoms with E-state index in [2.05, 4.69) is 15.3 Å². The summed E-state index contributed by atoms with van der Waals surface area (Å²) in [5, 5.41) is 7.22. The van der Waals surface area contributed by atoms with Crippen LogP contribution < -0.4 is 5.32 Å². The van der Waals surface area contributed by atoms with Crippen LogP contribution in [-0.4, -0.2) is 41.2 Å². The molecule has 2 rings (SSSR count). The number of hydrogen-bond acceptors (Lipinski definition) is 3. The number of benzene rings is 1. The number of halogens is 1. The van der Waals surface area contributed by atoms with Gasteiger partial charge in [-0.3, -0.25) is 9.48 Å². The number of aryl methyl sites for hydroxylation is 1. The van der Waals surface area contributed by atoms with E-state index in [1.54, 1.807) is 29.1 Å². The third kappa shape index (κ3) is 4.89. The highest BCUT2D eigenvalue weighted by Gasteiger charge is 2.17. The third-order valence-electron chi connectivity index (χ3n) is 3.64. The van der Waals surface area contributed by atoms with Gasteiger partial charge < -0.3 is 10.2 Å². The van der Waals surface area contributed by atoms with Crippen molar-refractivity contribution in [1.29, 1.82) is 0 Å². The molecular formula is C17H23FN4O. The van der Waals surface area contributed by atoms with E-state index in [4.69, 9.17) is 0 Å². The highest BCUT2D eigenvalue weighted by Crippen LogP contribution is 2.18. The van der Waals surface area contributed by atoms with Crippen molar-refractivity contribution >= 4 is 5.91 Å². The molecule has 0 saturated carbocycles. The van der Waals surface area contributed by atoms with Gasteiger partial charge in [0.2, 0.25) is 0 Å². The van der Waals surface area contributed by atoms with Gasteiger partial charge in [-0.2, -0.15) is 5.10 Å². The fraction of sp³-hybridized carbons (Fsp3) is 0.412. The molecule has 23 heavy (non-hydrogen) atoms. The van der Waals surface area contributed by atoms with Crippen molar-refractivity contribution in [1.82, 2.24) is 20.0 Å². The highest BCUT2D eigenvalue weighted by molar-refractivity contribution is 5.92. The van der Waals surface area contributed by atoms with Crippen LogP contribution in [0.1, 0.15) is 35.4 Å². The average molecular weight is 318 g/mol. The van der Waals surface area contributed by atoms with Gasteiger partial charge in [0.1, 0.15) is 11.5 Å². The molecule has 2 aromatic rings. The summed E-state index contributed by atoms with van der Waals surface area (Å²) in [6.07, 6.45) is 2.51. The summed E-state index contributed by atoms with van der Waals surface area (Å²) in [4.78, 5) is 14.4. The molecular weight excluding hydrogens is 295 g/mol. The van der Waals surface area contributed by atoms with E-state index in [0.29, 0.717) is 5.69 Å². The van der Waals surface area contributed by atoms with Gasteiger partial charge in [0.05, 0.1) is 6.04 Å². The second-order valence-electron chi connectivity index (χ2n) is 5.73. The number of hydrogen-bond donors (Lipinski definition) is 1. The molecule has 0 aliphatic rings. The Morgan fingerprint density at radius 1 is 1.30 bits per heavy atom. The van der Waals surface area contributed by atoms with E-state index in [1.807, 2.05) is 21.0 Å². The lowest BCUT2D eigenvalue weighted by atomic mass is 10.0. The third-order valence-corrected chi connectivity index (χ3v) is 3.64. The Kier molecular flexibility index (Phi) is 5.87. The van der Waals surface area contributed by atoms with E-state index in [0.717, 1.165) is 25.1 Å². The zero-order valence-electron chi connectivity index (χ0n) is 13.8. The maximum absolute atomic E-state index is 13.1. The molecule has 5 nitrogen and oxygen atoms in total. The molecule has 0 saturated heterocycles. The minimum Gasteiger partial charge on any atom is -0.344 e. The Morgan fingerprint density at radius 3 is 2.57 bits per heavy atom. The van der Waals surface area contributed by atoms with Gasteiger partial charge >= 0.3 is 0 Å². The maximum Gasteiger partial charge on any atom is 0.272 e. The lowest BCUT2D eigenvalue weighted by Gasteiger charge is -2.21. The van der Waals surface area contributed by atoms with E-state index < -0.39 is 0 Å². The van der Waals surface area contributed by atoms with Crippen molar-refractivity contribution in [3.63, 3.8) is 0 Å². The van der Waals surface area contributed by atoms with Gasteiger partial charge in [0.25, 0.3) is 5.91 Å². The Balaban J connectivity index is 2.12. The van der Waals surface area contributed by atoms with E-state index in [-0.39, 0.29) is 17.8 Å². The minimum absolute atomic E-state index is 0.183. The van der Waals surface area contributed by atoms with Crippen LogP contribution in [0.5, 0.6) is 0 Å². The zero-order valence-corrected chi connectivity index (χ0v) is 13.8. The lowest BCUT2D eigenvalue weighted by molar-refractivity contribution is 0.0927. The summed E-state index contributed by atoms with van der Waals surface area (Å²) in [5.74, 6) is -0.501. The predicted molar refractivity (Wildman–Crippen MR) is 87.7 cm³/mol. The quantitative estimate of drug-likeness (QED) is 0.853. The van der Waals surface area contributed by atoms with Crippen molar-refractivity contribution in [3.8, 4) is 0 Å². The Morgan fingerprint density at radius 2 is 2.00 bits per heavy atom. The molecule has 1 unspecified atom stereocenters. The van der Waals surface area contributed by atoms with Crippen molar-refractivity contribution in [2.75, 3.05) is 20.6 Å². The number of carbonyl (C=O) groups is 1. The SMILES string of the molecule is CCn1ccc(C(=O)NC(CCN(C)C)c2ccc(F)cc2)n1. The molecule has 0 fully saturated rings. The van der Waals surface area contributed by atoms with Gasteiger partial charge in [0, 0.05) is 12.7 Å². The van der Waals surface area contributed by atoms with Crippen LogP contribution in [0.4, 0.5) is 4.39 Å². The summed E-state index contributed by atoms with van der Waals surface area (Å²) in [6.45, 7) is 3.49. The molecule has 1 heterocycles. The van der Waals surface area contributed by atoms with Crippen LogP contribution in [0.3, 0.4) is 0 Å². The van der Waals surface area contributed by atoms with Gasteiger partial charge in [-0.05, 0) is 57.7 Å². The molecule has 6 heteroatoms. The van der Waals surface area contributed by atoms with Gasteiger partial charge in [-0.1, -0.05) is 12.1 Å². The molecule has 0 aliphatic carbocycles. The molecule has 0 spiro atoms. The molecule has 0 bridgehead atoms. The molecule has 1 aromatic carbocycles. The Bertz CT molecular complexity index is 636. The number of amides is 1. The van der Waals surface area contributed by atoms with Crippen LogP contribution >= 0.6 is 0 Å². The van der Waals surface area contributed by atoms with Crippen LogP contribution in [0.25, 0.3) is 0 Å². The molecule has 1 atom stereocenters. The van der Waals surface area contributed by atoms with Gasteiger partial charge in [-0.15, -0.1) is 0 Å². The highest BCUT2D eigenvalue weighted by atomic mass is 19.1. The first-order valence-corrected chi connectivity index (χ1v) is 7.74. The summed E-state index contributed by atoms with van der Waals surface area (Å²) >= 11 is 0. The summed E-state index contributed by atoms with van der Waals surface area (Å²) in [6, 6.07) is 7.76. The first-order valence-electron chi connectivity index (χ1n) is 7.74. The van der Waals surface area contributed by atoms with Crippen molar-refractivity contribution in [2.24, 2.45) is 0 Å². The second kappa shape index (κ2) is 7.87. The molecule has 0 radical (unpaired) electrons. The van der Waals surface area contributed by atoms with Crippen molar-refractivity contribution in [2.45, 2.75) is 25.9 Å². The topological polar surface area (TPSA) is 50.2 Å². The number of carbonyl (C=O) groups excluding carboxylic acids is 1. The molecule has 1 amide bonds. The summed E-state index contributed by atoms with van der Waals surface area (Å²) in [5.41, 5.74) is 1.28. The number of nitrogens with one attached hydrogen (secondary N) is 1. The Hall–Kier alpha value is -2.21. The van der Waals surface area contributed by atoms with Crippen LogP contribution in [0.2, 0.25) is 0 Å².